The minimum atomic E-state index is -1.10. The van der Waals surface area contributed by atoms with E-state index in [1.807, 2.05) is 6.07 Å². The van der Waals surface area contributed by atoms with E-state index in [4.69, 9.17) is 9.47 Å². The smallest absolute Gasteiger partial charge is 0.337 e. The molecule has 0 atom stereocenters. The van der Waals surface area contributed by atoms with E-state index in [0.717, 1.165) is 0 Å². The molecule has 0 fully saturated rings. The second-order valence-corrected chi connectivity index (χ2v) is 9.25. The Balaban J connectivity index is 1.95. The van der Waals surface area contributed by atoms with Gasteiger partial charge in [-0.2, -0.15) is 5.26 Å². The van der Waals surface area contributed by atoms with Gasteiger partial charge in [-0.1, -0.05) is 24.3 Å². The second kappa shape index (κ2) is 11.6. The number of nitrogens with zero attached hydrogens (tertiary/aromatic N) is 3. The van der Waals surface area contributed by atoms with Crippen molar-refractivity contribution in [2.45, 2.75) is 0 Å². The van der Waals surface area contributed by atoms with Gasteiger partial charge in [0.05, 0.1) is 21.8 Å². The second-order valence-electron chi connectivity index (χ2n) is 8.30. The number of rotatable bonds is 9. The molecule has 2 aromatic carbocycles. The maximum absolute atomic E-state index is 12.9. The van der Waals surface area contributed by atoms with Gasteiger partial charge in [0.2, 0.25) is 0 Å². The van der Waals surface area contributed by atoms with Crippen molar-refractivity contribution in [2.75, 3.05) is 38.2 Å². The SMILES string of the molecule is COCOc1ccccc1-c1cc(-c2ccc(N(C)C)c(C(=O)O)c2)c(C#N)c(NC(=O)c2cccs2)n1. The van der Waals surface area contributed by atoms with Crippen molar-refractivity contribution in [3.63, 3.8) is 0 Å². The van der Waals surface area contributed by atoms with Gasteiger partial charge < -0.3 is 24.8 Å². The lowest BCUT2D eigenvalue weighted by molar-refractivity contribution is 0.0515. The molecule has 0 saturated carbocycles. The summed E-state index contributed by atoms with van der Waals surface area (Å²) in [4.78, 5) is 31.8. The highest BCUT2D eigenvalue weighted by Crippen LogP contribution is 2.37. The van der Waals surface area contributed by atoms with Crippen LogP contribution in [0.2, 0.25) is 0 Å². The molecule has 0 spiro atoms. The fraction of sp³-hybridized carbons (Fsp3) is 0.143. The van der Waals surface area contributed by atoms with Crippen molar-refractivity contribution in [3.8, 4) is 34.2 Å². The molecule has 4 rings (SSSR count). The fourth-order valence-electron chi connectivity index (χ4n) is 3.88. The summed E-state index contributed by atoms with van der Waals surface area (Å²) in [7, 11) is 5.01. The van der Waals surface area contributed by atoms with E-state index in [2.05, 4.69) is 16.4 Å². The van der Waals surface area contributed by atoms with Gasteiger partial charge in [-0.25, -0.2) is 9.78 Å². The van der Waals surface area contributed by atoms with E-state index >= 15 is 0 Å². The number of hydrogen-bond donors (Lipinski definition) is 2. The van der Waals surface area contributed by atoms with Crippen LogP contribution in [0.4, 0.5) is 11.5 Å². The molecule has 2 N–H and O–H groups in total. The van der Waals surface area contributed by atoms with Crippen LogP contribution >= 0.6 is 11.3 Å². The molecule has 10 heteroatoms. The molecular weight excluding hydrogens is 504 g/mol. The Morgan fingerprint density at radius 3 is 2.55 bits per heavy atom. The summed E-state index contributed by atoms with van der Waals surface area (Å²) in [6.07, 6.45) is 0. The number of ether oxygens (including phenoxy) is 2. The number of para-hydroxylation sites is 1. The zero-order chi connectivity index (χ0) is 27.2. The Hall–Kier alpha value is -4.72. The fourth-order valence-corrected chi connectivity index (χ4v) is 4.50. The predicted molar refractivity (Wildman–Crippen MR) is 146 cm³/mol. The minimum Gasteiger partial charge on any atom is -0.478 e. The molecule has 192 valence electrons. The van der Waals surface area contributed by atoms with Crippen LogP contribution in [0.1, 0.15) is 25.6 Å². The van der Waals surface area contributed by atoms with Crippen LogP contribution in [0.3, 0.4) is 0 Å². The van der Waals surface area contributed by atoms with Crippen molar-refractivity contribution in [1.29, 1.82) is 5.26 Å². The van der Waals surface area contributed by atoms with Gasteiger partial charge >= 0.3 is 5.97 Å². The number of carbonyl (C=O) groups excluding carboxylic acids is 1. The van der Waals surface area contributed by atoms with Crippen LogP contribution in [0.15, 0.2) is 66.0 Å². The summed E-state index contributed by atoms with van der Waals surface area (Å²) >= 11 is 1.26. The van der Waals surface area contributed by atoms with Crippen LogP contribution in [0.5, 0.6) is 5.75 Å². The standard InChI is InChI=1S/C28H24N4O5S/c1-32(2)23-11-10-17(13-20(23)28(34)35)19-14-22(18-7-4-5-8-24(18)37-16-36-3)30-26(21(19)15-29)31-27(33)25-9-6-12-38-25/h4-14H,16H2,1-3H3,(H,34,35)(H,30,31,33). The van der Waals surface area contributed by atoms with Crippen LogP contribution in [0.25, 0.3) is 22.4 Å². The molecule has 0 aliphatic heterocycles. The number of thiophene rings is 1. The maximum atomic E-state index is 12.9. The number of amides is 1. The van der Waals surface area contributed by atoms with E-state index in [-0.39, 0.29) is 23.7 Å². The zero-order valence-corrected chi connectivity index (χ0v) is 21.7. The summed E-state index contributed by atoms with van der Waals surface area (Å²) in [6.45, 7) is 0.0100. The molecule has 0 saturated heterocycles. The largest absolute Gasteiger partial charge is 0.478 e. The molecule has 38 heavy (non-hydrogen) atoms. The summed E-state index contributed by atoms with van der Waals surface area (Å²) < 4.78 is 10.8. The molecule has 1 amide bonds. The summed E-state index contributed by atoms with van der Waals surface area (Å²) in [5.41, 5.74) is 2.60. The lowest BCUT2D eigenvalue weighted by Crippen LogP contribution is -2.15. The van der Waals surface area contributed by atoms with Crippen LogP contribution in [0, 0.1) is 11.3 Å². The first-order chi connectivity index (χ1) is 18.3. The Kier molecular flexibility index (Phi) is 8.01. The molecule has 0 bridgehead atoms. The first-order valence-corrected chi connectivity index (χ1v) is 12.3. The van der Waals surface area contributed by atoms with E-state index in [1.165, 1.54) is 24.5 Å². The number of aromatic nitrogens is 1. The number of pyridine rings is 1. The molecule has 0 aliphatic rings. The number of aromatic carboxylic acids is 1. The number of methoxy groups -OCH3 is 1. The highest BCUT2D eigenvalue weighted by molar-refractivity contribution is 7.12. The summed E-state index contributed by atoms with van der Waals surface area (Å²) in [6, 6.07) is 19.3. The molecule has 0 radical (unpaired) electrons. The predicted octanol–water partition coefficient (Wildman–Crippen LogP) is 5.35. The molecule has 2 aromatic heterocycles. The molecule has 0 unspecified atom stereocenters. The van der Waals surface area contributed by atoms with Crippen molar-refractivity contribution in [2.24, 2.45) is 0 Å². The number of carboxylic acid groups (broad SMARTS) is 1. The van der Waals surface area contributed by atoms with Crippen molar-refractivity contribution in [3.05, 3.63) is 82.0 Å². The average molecular weight is 529 g/mol. The lowest BCUT2D eigenvalue weighted by Gasteiger charge is -2.18. The first kappa shape index (κ1) is 26.3. The minimum absolute atomic E-state index is 0.0100. The quantitative estimate of drug-likeness (QED) is 0.279. The Morgan fingerprint density at radius 1 is 1.11 bits per heavy atom. The Labute approximate surface area is 223 Å². The van der Waals surface area contributed by atoms with Crippen LogP contribution in [-0.4, -0.2) is 50.0 Å². The highest BCUT2D eigenvalue weighted by atomic mass is 32.1. The number of hydrogen-bond acceptors (Lipinski definition) is 8. The average Bonchev–Trinajstić information content (AvgIpc) is 3.46. The number of benzene rings is 2. The number of nitriles is 1. The van der Waals surface area contributed by atoms with Gasteiger partial charge in [-0.3, -0.25) is 4.79 Å². The number of anilines is 2. The molecular formula is C28H24N4O5S. The number of nitrogens with one attached hydrogen (secondary N) is 1. The van der Waals surface area contributed by atoms with E-state index in [9.17, 15) is 20.0 Å². The topological polar surface area (TPSA) is 125 Å². The monoisotopic (exact) mass is 528 g/mol. The lowest BCUT2D eigenvalue weighted by atomic mass is 9.96. The van der Waals surface area contributed by atoms with E-state index in [0.29, 0.717) is 38.7 Å². The third kappa shape index (κ3) is 5.49. The van der Waals surface area contributed by atoms with E-state index < -0.39 is 11.9 Å². The molecule has 2 heterocycles. The zero-order valence-electron chi connectivity index (χ0n) is 20.9. The summed E-state index contributed by atoms with van der Waals surface area (Å²) in [5, 5.41) is 24.5. The van der Waals surface area contributed by atoms with Gasteiger partial charge in [-0.15, -0.1) is 11.3 Å². The highest BCUT2D eigenvalue weighted by Gasteiger charge is 2.21. The Morgan fingerprint density at radius 2 is 1.89 bits per heavy atom. The molecule has 0 aliphatic carbocycles. The van der Waals surface area contributed by atoms with Crippen molar-refractivity contribution >= 4 is 34.7 Å². The van der Waals surface area contributed by atoms with Crippen molar-refractivity contribution in [1.82, 2.24) is 4.98 Å². The van der Waals surface area contributed by atoms with Crippen LogP contribution in [-0.2, 0) is 4.74 Å². The summed E-state index contributed by atoms with van der Waals surface area (Å²) in [5.74, 6) is -0.978. The van der Waals surface area contributed by atoms with Gasteiger partial charge in [0, 0.05) is 32.3 Å². The van der Waals surface area contributed by atoms with Gasteiger partial charge in [0.1, 0.15) is 17.4 Å². The number of carbonyl (C=O) groups is 2. The molecule has 4 aromatic rings. The number of carboxylic acids is 1. The first-order valence-electron chi connectivity index (χ1n) is 11.4. The third-order valence-corrected chi connectivity index (χ3v) is 6.49. The van der Waals surface area contributed by atoms with Gasteiger partial charge in [-0.05, 0) is 47.3 Å². The third-order valence-electron chi connectivity index (χ3n) is 5.62. The van der Waals surface area contributed by atoms with Gasteiger partial charge in [0.25, 0.3) is 5.91 Å². The van der Waals surface area contributed by atoms with E-state index in [1.54, 1.807) is 72.9 Å². The maximum Gasteiger partial charge on any atom is 0.337 e. The normalized spacial score (nSPS) is 10.5. The van der Waals surface area contributed by atoms with Crippen LogP contribution < -0.4 is 15.0 Å². The molecule has 9 nitrogen and oxygen atoms in total. The van der Waals surface area contributed by atoms with Crippen molar-refractivity contribution < 1.29 is 24.2 Å². The Bertz CT molecular complexity index is 1530. The van der Waals surface area contributed by atoms with Gasteiger partial charge in [0.15, 0.2) is 12.6 Å².